The summed E-state index contributed by atoms with van der Waals surface area (Å²) >= 11 is 0. The van der Waals surface area contributed by atoms with Gasteiger partial charge in [0.15, 0.2) is 0 Å². The molecule has 8 heteroatoms. The largest absolute Gasteiger partial charge is 0.418 e. The maximum Gasteiger partial charge on any atom is 0.418 e. The van der Waals surface area contributed by atoms with Gasteiger partial charge in [0.2, 0.25) is 5.56 Å². The molecule has 0 saturated heterocycles. The van der Waals surface area contributed by atoms with Crippen molar-refractivity contribution < 1.29 is 26.3 Å². The average molecular weight is 245 g/mol. The number of pyridine rings is 1. The molecule has 0 atom stereocenters. The van der Waals surface area contributed by atoms with E-state index in [1.165, 1.54) is 0 Å². The first-order valence-corrected chi connectivity index (χ1v) is 3.92. The van der Waals surface area contributed by atoms with Crippen LogP contribution in [0.5, 0.6) is 0 Å². The SMILES string of the molecule is Cc1[nH]c(=O)cc(C(F)(F)F)c1C(F)(F)F. The molecule has 0 bridgehead atoms. The van der Waals surface area contributed by atoms with Crippen molar-refractivity contribution in [2.24, 2.45) is 0 Å². The number of nitrogens with one attached hydrogen (secondary N) is 1. The summed E-state index contributed by atoms with van der Waals surface area (Å²) in [5, 5.41) is 0. The van der Waals surface area contributed by atoms with Crippen LogP contribution in [0, 0.1) is 6.92 Å². The second-order valence-electron chi connectivity index (χ2n) is 3.04. The lowest BCUT2D eigenvalue weighted by Crippen LogP contribution is -2.23. The van der Waals surface area contributed by atoms with Crippen LogP contribution in [-0.4, -0.2) is 4.98 Å². The van der Waals surface area contributed by atoms with Crippen molar-refractivity contribution in [2.45, 2.75) is 19.3 Å². The molecule has 2 nitrogen and oxygen atoms in total. The zero-order valence-corrected chi connectivity index (χ0v) is 7.75. The number of aryl methyl sites for hydroxylation is 1. The smallest absolute Gasteiger partial charge is 0.326 e. The van der Waals surface area contributed by atoms with Crippen LogP contribution in [0.2, 0.25) is 0 Å². The highest BCUT2D eigenvalue weighted by molar-refractivity contribution is 5.34. The summed E-state index contributed by atoms with van der Waals surface area (Å²) in [6.45, 7) is 0.763. The van der Waals surface area contributed by atoms with E-state index in [0.29, 0.717) is 0 Å². The van der Waals surface area contributed by atoms with Crippen molar-refractivity contribution in [2.75, 3.05) is 0 Å². The molecule has 1 aromatic rings. The van der Waals surface area contributed by atoms with E-state index in [2.05, 4.69) is 0 Å². The fraction of sp³-hybridized carbons (Fsp3) is 0.375. The van der Waals surface area contributed by atoms with Crippen LogP contribution >= 0.6 is 0 Å². The van der Waals surface area contributed by atoms with Crippen molar-refractivity contribution in [3.63, 3.8) is 0 Å². The second kappa shape index (κ2) is 3.53. The molecule has 0 unspecified atom stereocenters. The van der Waals surface area contributed by atoms with E-state index in [1.807, 2.05) is 0 Å². The molecular weight excluding hydrogens is 240 g/mol. The predicted molar refractivity (Wildman–Crippen MR) is 41.8 cm³/mol. The zero-order valence-electron chi connectivity index (χ0n) is 7.75. The van der Waals surface area contributed by atoms with Gasteiger partial charge in [0.1, 0.15) is 0 Å². The van der Waals surface area contributed by atoms with Gasteiger partial charge >= 0.3 is 12.4 Å². The summed E-state index contributed by atoms with van der Waals surface area (Å²) in [5.74, 6) is 0. The van der Waals surface area contributed by atoms with Gasteiger partial charge in [-0.15, -0.1) is 0 Å². The van der Waals surface area contributed by atoms with Crippen LogP contribution in [-0.2, 0) is 12.4 Å². The Bertz CT molecular complexity index is 455. The van der Waals surface area contributed by atoms with E-state index in [4.69, 9.17) is 0 Å². The Morgan fingerprint density at radius 1 is 1.06 bits per heavy atom. The van der Waals surface area contributed by atoms with Crippen molar-refractivity contribution in [1.82, 2.24) is 4.98 Å². The fourth-order valence-electron chi connectivity index (χ4n) is 1.28. The third kappa shape index (κ3) is 2.37. The molecule has 0 aliphatic heterocycles. The molecule has 1 N–H and O–H groups in total. The molecule has 0 fully saturated rings. The highest BCUT2D eigenvalue weighted by atomic mass is 19.4. The van der Waals surface area contributed by atoms with Crippen molar-refractivity contribution >= 4 is 0 Å². The van der Waals surface area contributed by atoms with E-state index in [1.54, 1.807) is 4.98 Å². The number of aromatic nitrogens is 1. The minimum atomic E-state index is -5.22. The minimum absolute atomic E-state index is 0.101. The summed E-state index contributed by atoms with van der Waals surface area (Å²) in [6, 6.07) is -0.101. The molecule has 0 aromatic carbocycles. The van der Waals surface area contributed by atoms with E-state index in [9.17, 15) is 31.1 Å². The first-order valence-electron chi connectivity index (χ1n) is 3.92. The van der Waals surface area contributed by atoms with Gasteiger partial charge in [-0.25, -0.2) is 0 Å². The molecule has 0 amide bonds. The Morgan fingerprint density at radius 3 is 1.94 bits per heavy atom. The van der Waals surface area contributed by atoms with Crippen molar-refractivity contribution in [3.05, 3.63) is 33.2 Å². The second-order valence-corrected chi connectivity index (χ2v) is 3.04. The number of hydrogen-bond acceptors (Lipinski definition) is 1. The maximum absolute atomic E-state index is 12.3. The Morgan fingerprint density at radius 2 is 1.56 bits per heavy atom. The van der Waals surface area contributed by atoms with Gasteiger partial charge in [0.05, 0.1) is 11.1 Å². The molecule has 16 heavy (non-hydrogen) atoms. The van der Waals surface area contributed by atoms with Crippen LogP contribution < -0.4 is 5.56 Å². The van der Waals surface area contributed by atoms with Gasteiger partial charge in [-0.05, 0) is 6.92 Å². The zero-order chi connectivity index (χ0) is 12.7. The maximum atomic E-state index is 12.3. The van der Waals surface area contributed by atoms with Gasteiger partial charge < -0.3 is 4.98 Å². The standard InChI is InChI=1S/C8H5F6NO/c1-3-6(8(12,13)14)4(7(9,10)11)2-5(16)15-3/h2H,1H3,(H,15,16). The monoisotopic (exact) mass is 245 g/mol. The van der Waals surface area contributed by atoms with Gasteiger partial charge in [-0.1, -0.05) is 0 Å². The van der Waals surface area contributed by atoms with E-state index in [0.717, 1.165) is 6.92 Å². The van der Waals surface area contributed by atoms with E-state index < -0.39 is 34.7 Å². The number of aromatic amines is 1. The van der Waals surface area contributed by atoms with Crippen LogP contribution in [0.4, 0.5) is 26.3 Å². The molecule has 1 heterocycles. The van der Waals surface area contributed by atoms with E-state index >= 15 is 0 Å². The topological polar surface area (TPSA) is 32.9 Å². The molecule has 0 spiro atoms. The van der Waals surface area contributed by atoms with Crippen LogP contribution in [0.25, 0.3) is 0 Å². The minimum Gasteiger partial charge on any atom is -0.326 e. The Hall–Kier alpha value is -1.47. The summed E-state index contributed by atoms with van der Waals surface area (Å²) in [7, 11) is 0. The Labute approximate surface area is 84.9 Å². The van der Waals surface area contributed by atoms with Gasteiger partial charge in [-0.3, -0.25) is 4.79 Å². The summed E-state index contributed by atoms with van der Waals surface area (Å²) in [6.07, 6.45) is -10.4. The Balaban J connectivity index is 3.65. The number of hydrogen-bond donors (Lipinski definition) is 1. The van der Waals surface area contributed by atoms with Crippen molar-refractivity contribution in [3.8, 4) is 0 Å². The first-order chi connectivity index (χ1) is 7.03. The molecule has 0 radical (unpaired) electrons. The Kier molecular flexibility index (Phi) is 2.78. The molecule has 0 aliphatic rings. The number of H-pyrrole nitrogens is 1. The molecule has 1 aromatic heterocycles. The summed E-state index contributed by atoms with van der Waals surface area (Å²) < 4.78 is 73.9. The van der Waals surface area contributed by atoms with Gasteiger partial charge in [0.25, 0.3) is 0 Å². The third-order valence-corrected chi connectivity index (χ3v) is 1.82. The lowest BCUT2D eigenvalue weighted by atomic mass is 10.1. The predicted octanol–water partition coefficient (Wildman–Crippen LogP) is 2.72. The third-order valence-electron chi connectivity index (χ3n) is 1.82. The molecule has 90 valence electrons. The molecule has 0 aliphatic carbocycles. The van der Waals surface area contributed by atoms with Gasteiger partial charge in [0, 0.05) is 11.8 Å². The fourth-order valence-corrected chi connectivity index (χ4v) is 1.28. The van der Waals surface area contributed by atoms with Crippen LogP contribution in [0.3, 0.4) is 0 Å². The number of halogens is 6. The molecular formula is C8H5F6NO. The summed E-state index contributed by atoms with van der Waals surface area (Å²) in [5.41, 5.74) is -5.91. The molecule has 0 saturated carbocycles. The summed E-state index contributed by atoms with van der Waals surface area (Å²) in [4.78, 5) is 12.4. The van der Waals surface area contributed by atoms with Gasteiger partial charge in [-0.2, -0.15) is 26.3 Å². The van der Waals surface area contributed by atoms with E-state index in [-0.39, 0.29) is 6.07 Å². The lowest BCUT2D eigenvalue weighted by Gasteiger charge is -2.16. The van der Waals surface area contributed by atoms with Crippen LogP contribution in [0.15, 0.2) is 10.9 Å². The van der Waals surface area contributed by atoms with Crippen LogP contribution in [0.1, 0.15) is 16.8 Å². The number of rotatable bonds is 0. The highest BCUT2D eigenvalue weighted by Crippen LogP contribution is 2.40. The average Bonchev–Trinajstić information content (AvgIpc) is 1.97. The quantitative estimate of drug-likeness (QED) is 0.700. The lowest BCUT2D eigenvalue weighted by molar-refractivity contribution is -0.162. The first kappa shape index (κ1) is 12.6. The normalized spacial score (nSPS) is 12.9. The highest BCUT2D eigenvalue weighted by Gasteiger charge is 2.44. The molecule has 1 rings (SSSR count). The number of alkyl halides is 6. The van der Waals surface area contributed by atoms with Crippen molar-refractivity contribution in [1.29, 1.82) is 0 Å².